The fraction of sp³-hybridized carbons (Fsp3) is 0.316. The van der Waals surface area contributed by atoms with Crippen molar-refractivity contribution in [3.05, 3.63) is 70.7 Å². The second-order valence-electron chi connectivity index (χ2n) is 6.00. The number of rotatable bonds is 4. The van der Waals surface area contributed by atoms with Crippen LogP contribution in [0.15, 0.2) is 54.6 Å². The summed E-state index contributed by atoms with van der Waals surface area (Å²) < 4.78 is 0. The lowest BCUT2D eigenvalue weighted by molar-refractivity contribution is 0.0528. The first kappa shape index (κ1) is 17.0. The number of amides is 1. The summed E-state index contributed by atoms with van der Waals surface area (Å²) in [4.78, 5) is 16.5. The molecule has 1 atom stereocenters. The highest BCUT2D eigenvalue weighted by atomic mass is 35.5. The Kier molecular flexibility index (Phi) is 5.51. The van der Waals surface area contributed by atoms with Gasteiger partial charge in [0, 0.05) is 48.9 Å². The quantitative estimate of drug-likeness (QED) is 0.927. The smallest absolute Gasteiger partial charge is 0.253 e. The van der Waals surface area contributed by atoms with Crippen molar-refractivity contribution in [3.8, 4) is 0 Å². The maximum atomic E-state index is 12.4. The van der Waals surface area contributed by atoms with Crippen molar-refractivity contribution in [2.45, 2.75) is 6.10 Å². The van der Waals surface area contributed by atoms with E-state index in [1.807, 2.05) is 53.4 Å². The van der Waals surface area contributed by atoms with Gasteiger partial charge >= 0.3 is 0 Å². The summed E-state index contributed by atoms with van der Waals surface area (Å²) >= 11 is 6.14. The van der Waals surface area contributed by atoms with Gasteiger partial charge < -0.3 is 10.0 Å². The average Bonchev–Trinajstić information content (AvgIpc) is 2.63. The number of nitrogens with zero attached hydrogens (tertiary/aromatic N) is 2. The Morgan fingerprint density at radius 2 is 1.62 bits per heavy atom. The number of hydrogen-bond acceptors (Lipinski definition) is 3. The second-order valence-corrected chi connectivity index (χ2v) is 6.40. The van der Waals surface area contributed by atoms with Crippen LogP contribution in [0, 0.1) is 0 Å². The molecule has 0 aliphatic carbocycles. The molecular weight excluding hydrogens is 324 g/mol. The van der Waals surface area contributed by atoms with E-state index >= 15 is 0 Å². The molecule has 3 rings (SSSR count). The van der Waals surface area contributed by atoms with Crippen LogP contribution in [-0.4, -0.2) is 53.5 Å². The number of aliphatic hydroxyl groups excluding tert-OH is 1. The Morgan fingerprint density at radius 3 is 2.29 bits per heavy atom. The Bertz CT molecular complexity index is 685. The second kappa shape index (κ2) is 7.79. The van der Waals surface area contributed by atoms with Gasteiger partial charge in [0.15, 0.2) is 0 Å². The maximum absolute atomic E-state index is 12.4. The number of carbonyl (C=O) groups is 1. The minimum absolute atomic E-state index is 0.0712. The van der Waals surface area contributed by atoms with Crippen LogP contribution < -0.4 is 0 Å². The first-order chi connectivity index (χ1) is 11.6. The molecular formula is C19H21ClN2O2. The van der Waals surface area contributed by atoms with Gasteiger partial charge in [-0.3, -0.25) is 9.69 Å². The number of piperazine rings is 1. The van der Waals surface area contributed by atoms with Gasteiger partial charge in [-0.1, -0.05) is 48.0 Å². The largest absolute Gasteiger partial charge is 0.387 e. The van der Waals surface area contributed by atoms with E-state index in [0.717, 1.165) is 24.2 Å². The van der Waals surface area contributed by atoms with Crippen LogP contribution in [0.1, 0.15) is 22.0 Å². The highest BCUT2D eigenvalue weighted by Crippen LogP contribution is 2.23. The Morgan fingerprint density at radius 1 is 1.00 bits per heavy atom. The minimum Gasteiger partial charge on any atom is -0.387 e. The van der Waals surface area contributed by atoms with Crippen LogP contribution in [0.25, 0.3) is 0 Å². The molecule has 1 saturated heterocycles. The third kappa shape index (κ3) is 3.96. The summed E-state index contributed by atoms with van der Waals surface area (Å²) in [5.41, 5.74) is 1.48. The van der Waals surface area contributed by atoms with Crippen LogP contribution in [0.3, 0.4) is 0 Å². The van der Waals surface area contributed by atoms with Crippen LogP contribution in [0.5, 0.6) is 0 Å². The van der Waals surface area contributed by atoms with Crippen molar-refractivity contribution in [2.75, 3.05) is 32.7 Å². The first-order valence-corrected chi connectivity index (χ1v) is 8.52. The van der Waals surface area contributed by atoms with Crippen molar-refractivity contribution in [2.24, 2.45) is 0 Å². The average molecular weight is 345 g/mol. The monoisotopic (exact) mass is 344 g/mol. The Balaban J connectivity index is 1.54. The normalized spacial score (nSPS) is 16.8. The fourth-order valence-electron chi connectivity index (χ4n) is 2.99. The van der Waals surface area contributed by atoms with Gasteiger partial charge in [0.25, 0.3) is 5.91 Å². The lowest BCUT2D eigenvalue weighted by Crippen LogP contribution is -2.49. The van der Waals surface area contributed by atoms with Crippen LogP contribution >= 0.6 is 11.6 Å². The topological polar surface area (TPSA) is 43.8 Å². The summed E-state index contributed by atoms with van der Waals surface area (Å²) in [7, 11) is 0. The van der Waals surface area contributed by atoms with Crippen LogP contribution in [-0.2, 0) is 0 Å². The van der Waals surface area contributed by atoms with E-state index < -0.39 is 6.10 Å². The van der Waals surface area contributed by atoms with E-state index in [2.05, 4.69) is 4.90 Å². The summed E-state index contributed by atoms with van der Waals surface area (Å²) in [6.45, 7) is 3.36. The van der Waals surface area contributed by atoms with Gasteiger partial charge in [-0.15, -0.1) is 0 Å². The third-order valence-corrected chi connectivity index (χ3v) is 4.72. The van der Waals surface area contributed by atoms with Gasteiger partial charge in [-0.2, -0.15) is 0 Å². The molecule has 2 aromatic carbocycles. The van der Waals surface area contributed by atoms with Gasteiger partial charge in [-0.05, 0) is 18.2 Å². The molecule has 0 bridgehead atoms. The summed E-state index contributed by atoms with van der Waals surface area (Å²) in [5.74, 6) is 0.0712. The molecule has 5 heteroatoms. The van der Waals surface area contributed by atoms with Crippen LogP contribution in [0.4, 0.5) is 0 Å². The number of hydrogen-bond donors (Lipinski definition) is 1. The SMILES string of the molecule is O=C(c1ccccc1)N1CCN(C[C@@H](O)c2ccccc2Cl)CC1. The number of β-amino-alcohol motifs (C(OH)–C–C–N with tert-alkyl or cyclic N) is 1. The minimum atomic E-state index is -0.616. The van der Waals surface area contributed by atoms with E-state index in [1.165, 1.54) is 0 Å². The third-order valence-electron chi connectivity index (χ3n) is 4.38. The molecule has 1 amide bonds. The van der Waals surface area contributed by atoms with Crippen molar-refractivity contribution in [1.82, 2.24) is 9.80 Å². The van der Waals surface area contributed by atoms with Crippen molar-refractivity contribution >= 4 is 17.5 Å². The van der Waals surface area contributed by atoms with E-state index in [1.54, 1.807) is 6.07 Å². The summed E-state index contributed by atoms with van der Waals surface area (Å²) in [6.07, 6.45) is -0.616. The highest BCUT2D eigenvalue weighted by Gasteiger charge is 2.24. The van der Waals surface area contributed by atoms with E-state index in [9.17, 15) is 9.90 Å². The Hall–Kier alpha value is -1.88. The summed E-state index contributed by atoms with van der Waals surface area (Å²) in [5, 5.41) is 11.0. The predicted octanol–water partition coefficient (Wildman–Crippen LogP) is 2.83. The number of benzene rings is 2. The molecule has 2 aromatic rings. The number of halogens is 1. The molecule has 24 heavy (non-hydrogen) atoms. The molecule has 0 radical (unpaired) electrons. The molecule has 1 N–H and O–H groups in total. The standard InChI is InChI=1S/C19H21ClN2O2/c20-17-9-5-4-8-16(17)18(23)14-21-10-12-22(13-11-21)19(24)15-6-2-1-3-7-15/h1-9,18,23H,10-14H2/t18-/m1/s1. The molecule has 0 saturated carbocycles. The van der Waals surface area contributed by atoms with Crippen LogP contribution in [0.2, 0.25) is 5.02 Å². The molecule has 0 unspecified atom stereocenters. The van der Waals surface area contributed by atoms with Gasteiger partial charge in [0.1, 0.15) is 0 Å². The molecule has 1 aliphatic heterocycles. The summed E-state index contributed by atoms with van der Waals surface area (Å²) in [6, 6.07) is 16.7. The first-order valence-electron chi connectivity index (χ1n) is 8.14. The van der Waals surface area contributed by atoms with Gasteiger partial charge in [0.05, 0.1) is 6.10 Å². The highest BCUT2D eigenvalue weighted by molar-refractivity contribution is 6.31. The molecule has 0 spiro atoms. The van der Waals surface area contributed by atoms with Crippen molar-refractivity contribution in [1.29, 1.82) is 0 Å². The lowest BCUT2D eigenvalue weighted by Gasteiger charge is -2.35. The van der Waals surface area contributed by atoms with Gasteiger partial charge in [0.2, 0.25) is 0 Å². The van der Waals surface area contributed by atoms with E-state index in [-0.39, 0.29) is 5.91 Å². The molecule has 1 aliphatic rings. The predicted molar refractivity (Wildman–Crippen MR) is 95.2 cm³/mol. The zero-order valence-electron chi connectivity index (χ0n) is 13.4. The molecule has 0 aromatic heterocycles. The zero-order valence-corrected chi connectivity index (χ0v) is 14.2. The zero-order chi connectivity index (χ0) is 16.9. The molecule has 4 nitrogen and oxygen atoms in total. The Labute approximate surface area is 147 Å². The van der Waals surface area contributed by atoms with Crippen molar-refractivity contribution in [3.63, 3.8) is 0 Å². The number of carbonyl (C=O) groups excluding carboxylic acids is 1. The van der Waals surface area contributed by atoms with Crippen molar-refractivity contribution < 1.29 is 9.90 Å². The number of aliphatic hydroxyl groups is 1. The lowest BCUT2D eigenvalue weighted by atomic mass is 10.1. The molecule has 1 heterocycles. The maximum Gasteiger partial charge on any atom is 0.253 e. The van der Waals surface area contributed by atoms with E-state index in [4.69, 9.17) is 11.6 Å². The molecule has 1 fully saturated rings. The van der Waals surface area contributed by atoms with Gasteiger partial charge in [-0.25, -0.2) is 0 Å². The van der Waals surface area contributed by atoms with E-state index in [0.29, 0.717) is 24.7 Å². The fourth-order valence-corrected chi connectivity index (χ4v) is 3.25. The molecule has 126 valence electrons.